The van der Waals surface area contributed by atoms with E-state index < -0.39 is 9.05 Å². The molecule has 3 nitrogen and oxygen atoms in total. The second-order valence-corrected chi connectivity index (χ2v) is 5.03. The summed E-state index contributed by atoms with van der Waals surface area (Å²) in [6.45, 7) is 0. The number of halogens is 1. The first kappa shape index (κ1) is 9.61. The van der Waals surface area contributed by atoms with E-state index in [1.54, 1.807) is 13.2 Å². The maximum Gasteiger partial charge on any atom is 0.257 e. The zero-order chi connectivity index (χ0) is 9.19. The minimum absolute atomic E-state index is 0.255. The molecule has 0 aliphatic heterocycles. The third kappa shape index (κ3) is 2.25. The average Bonchev–Trinajstić information content (AvgIpc) is 2.03. The highest BCUT2D eigenvalue weighted by molar-refractivity contribution is 8.16. The summed E-state index contributed by atoms with van der Waals surface area (Å²) < 4.78 is 26.5. The second-order valence-electron chi connectivity index (χ2n) is 2.41. The summed E-state index contributed by atoms with van der Waals surface area (Å²) >= 11 is 0. The molecule has 68 valence electrons. The third-order valence-electron chi connectivity index (χ3n) is 1.65. The van der Waals surface area contributed by atoms with E-state index in [4.69, 9.17) is 15.4 Å². The van der Waals surface area contributed by atoms with Crippen LogP contribution in [0.2, 0.25) is 0 Å². The fourth-order valence-corrected chi connectivity index (χ4v) is 1.93. The maximum atomic E-state index is 10.8. The first-order valence-electron chi connectivity index (χ1n) is 3.42. The van der Waals surface area contributed by atoms with Crippen molar-refractivity contribution in [3.8, 4) is 0 Å². The molecule has 12 heavy (non-hydrogen) atoms. The summed E-state index contributed by atoms with van der Waals surface area (Å²) in [5.41, 5.74) is 0. The molecule has 1 aliphatic carbocycles. The van der Waals surface area contributed by atoms with E-state index in [0.29, 0.717) is 12.8 Å². The van der Waals surface area contributed by atoms with Crippen LogP contribution < -0.4 is 0 Å². The van der Waals surface area contributed by atoms with Gasteiger partial charge in [0.15, 0.2) is 0 Å². The normalized spacial score (nSPS) is 18.2. The van der Waals surface area contributed by atoms with E-state index in [2.05, 4.69) is 0 Å². The molecular formula is C7H9ClO3S. The molecule has 0 saturated carbocycles. The largest absolute Gasteiger partial charge is 0.501 e. The first-order valence-corrected chi connectivity index (χ1v) is 5.73. The summed E-state index contributed by atoms with van der Waals surface area (Å²) in [6, 6.07) is 0. The Morgan fingerprint density at radius 2 is 2.08 bits per heavy atom. The molecule has 0 bridgehead atoms. The minimum atomic E-state index is -3.52. The van der Waals surface area contributed by atoms with Crippen LogP contribution in [0, 0.1) is 0 Å². The summed E-state index contributed by atoms with van der Waals surface area (Å²) in [4.78, 5) is 0.255. The Morgan fingerprint density at radius 1 is 1.42 bits per heavy atom. The van der Waals surface area contributed by atoms with Gasteiger partial charge in [0, 0.05) is 17.1 Å². The fourth-order valence-electron chi connectivity index (χ4n) is 0.972. The summed E-state index contributed by atoms with van der Waals surface area (Å²) in [6.07, 6.45) is 4.11. The molecule has 0 fully saturated rings. The average molecular weight is 209 g/mol. The molecule has 1 aliphatic rings. The van der Waals surface area contributed by atoms with Gasteiger partial charge in [-0.3, -0.25) is 0 Å². The molecule has 0 N–H and O–H groups in total. The van der Waals surface area contributed by atoms with Gasteiger partial charge in [-0.05, 0) is 18.6 Å². The van der Waals surface area contributed by atoms with Crippen molar-refractivity contribution in [3.63, 3.8) is 0 Å². The fraction of sp³-hybridized carbons (Fsp3) is 0.429. The first-order chi connectivity index (χ1) is 5.54. The Kier molecular flexibility index (Phi) is 2.80. The Bertz CT molecular complexity index is 327. The zero-order valence-corrected chi connectivity index (χ0v) is 8.15. The van der Waals surface area contributed by atoms with Gasteiger partial charge in [0.1, 0.15) is 0 Å². The van der Waals surface area contributed by atoms with Crippen LogP contribution in [0.25, 0.3) is 0 Å². The number of methoxy groups -OCH3 is 1. The predicted molar refractivity (Wildman–Crippen MR) is 47.2 cm³/mol. The Hall–Kier alpha value is -0.480. The van der Waals surface area contributed by atoms with Gasteiger partial charge < -0.3 is 4.74 Å². The Labute approximate surface area is 76.1 Å². The Morgan fingerprint density at radius 3 is 2.42 bits per heavy atom. The quantitative estimate of drug-likeness (QED) is 0.650. The molecule has 0 amide bonds. The number of hydrogen-bond donors (Lipinski definition) is 0. The zero-order valence-electron chi connectivity index (χ0n) is 6.58. The van der Waals surface area contributed by atoms with Crippen molar-refractivity contribution in [1.82, 2.24) is 0 Å². The van der Waals surface area contributed by atoms with Gasteiger partial charge in [-0.1, -0.05) is 0 Å². The van der Waals surface area contributed by atoms with E-state index in [-0.39, 0.29) is 4.91 Å². The molecule has 0 aromatic carbocycles. The lowest BCUT2D eigenvalue weighted by Gasteiger charge is -2.10. The summed E-state index contributed by atoms with van der Waals surface area (Å²) in [7, 11) is 3.17. The van der Waals surface area contributed by atoms with Gasteiger partial charge in [0.2, 0.25) is 0 Å². The third-order valence-corrected chi connectivity index (χ3v) is 3.21. The Balaban J connectivity index is 2.88. The van der Waals surface area contributed by atoms with Crippen LogP contribution in [-0.2, 0) is 13.8 Å². The topological polar surface area (TPSA) is 43.4 Å². The molecule has 0 heterocycles. The van der Waals surface area contributed by atoms with E-state index in [1.807, 2.05) is 0 Å². The summed E-state index contributed by atoms with van der Waals surface area (Å²) in [5.74, 6) is 0.777. The molecule has 0 saturated heterocycles. The molecule has 0 spiro atoms. The molecule has 5 heteroatoms. The summed E-state index contributed by atoms with van der Waals surface area (Å²) in [5, 5.41) is 0. The van der Waals surface area contributed by atoms with Crippen molar-refractivity contribution >= 4 is 19.7 Å². The molecule has 0 unspecified atom stereocenters. The van der Waals surface area contributed by atoms with Crippen LogP contribution in [0.4, 0.5) is 0 Å². The standard InChI is InChI=1S/C7H9ClO3S/c1-11-6-2-4-7(5-3-6)12(8,9)10/h2,4H,3,5H2,1H3. The van der Waals surface area contributed by atoms with E-state index >= 15 is 0 Å². The number of ether oxygens (including phenoxy) is 1. The van der Waals surface area contributed by atoms with Gasteiger partial charge in [-0.15, -0.1) is 0 Å². The SMILES string of the molecule is COC1=CC=C(S(=O)(=O)Cl)CC1. The maximum absolute atomic E-state index is 10.8. The van der Waals surface area contributed by atoms with Crippen LogP contribution in [-0.4, -0.2) is 15.5 Å². The van der Waals surface area contributed by atoms with Crippen LogP contribution in [0.5, 0.6) is 0 Å². The van der Waals surface area contributed by atoms with Gasteiger partial charge in [0.25, 0.3) is 9.05 Å². The molecule has 1 rings (SSSR count). The van der Waals surface area contributed by atoms with Crippen LogP contribution in [0.1, 0.15) is 12.8 Å². The van der Waals surface area contributed by atoms with Crippen molar-refractivity contribution in [2.45, 2.75) is 12.8 Å². The van der Waals surface area contributed by atoms with Crippen molar-refractivity contribution in [2.24, 2.45) is 0 Å². The number of rotatable bonds is 2. The lowest BCUT2D eigenvalue weighted by Crippen LogP contribution is -2.01. The van der Waals surface area contributed by atoms with Gasteiger partial charge in [-0.25, -0.2) is 8.42 Å². The van der Waals surface area contributed by atoms with Crippen LogP contribution in [0.3, 0.4) is 0 Å². The molecule has 0 radical (unpaired) electrons. The molecular weight excluding hydrogens is 200 g/mol. The smallest absolute Gasteiger partial charge is 0.257 e. The highest BCUT2D eigenvalue weighted by Crippen LogP contribution is 2.24. The number of allylic oxidation sites excluding steroid dienone is 4. The van der Waals surface area contributed by atoms with Crippen LogP contribution in [0.15, 0.2) is 22.8 Å². The lowest BCUT2D eigenvalue weighted by molar-refractivity contribution is 0.276. The predicted octanol–water partition coefficient (Wildman–Crippen LogP) is 1.76. The van der Waals surface area contributed by atoms with Gasteiger partial charge >= 0.3 is 0 Å². The van der Waals surface area contributed by atoms with E-state index in [1.165, 1.54) is 6.08 Å². The molecule has 0 aromatic rings. The highest BCUT2D eigenvalue weighted by atomic mass is 35.7. The lowest BCUT2D eigenvalue weighted by atomic mass is 10.2. The van der Waals surface area contributed by atoms with E-state index in [0.717, 1.165) is 5.76 Å². The molecule has 0 aromatic heterocycles. The van der Waals surface area contributed by atoms with Crippen molar-refractivity contribution in [2.75, 3.05) is 7.11 Å². The highest BCUT2D eigenvalue weighted by Gasteiger charge is 2.16. The van der Waals surface area contributed by atoms with Crippen molar-refractivity contribution in [3.05, 3.63) is 22.8 Å². The second kappa shape index (κ2) is 3.49. The van der Waals surface area contributed by atoms with Crippen LogP contribution >= 0.6 is 10.7 Å². The number of hydrogen-bond acceptors (Lipinski definition) is 3. The van der Waals surface area contributed by atoms with Crippen molar-refractivity contribution in [1.29, 1.82) is 0 Å². The van der Waals surface area contributed by atoms with Gasteiger partial charge in [0.05, 0.1) is 17.8 Å². The van der Waals surface area contributed by atoms with Gasteiger partial charge in [-0.2, -0.15) is 0 Å². The monoisotopic (exact) mass is 208 g/mol. The van der Waals surface area contributed by atoms with Crippen molar-refractivity contribution < 1.29 is 13.2 Å². The minimum Gasteiger partial charge on any atom is -0.501 e. The van der Waals surface area contributed by atoms with E-state index in [9.17, 15) is 8.42 Å². The molecule has 0 atom stereocenters.